The second-order valence-electron chi connectivity index (χ2n) is 2.43. The van der Waals surface area contributed by atoms with Gasteiger partial charge in [0.15, 0.2) is 6.29 Å². The minimum atomic E-state index is -0.534. The number of hydrogen-bond acceptors (Lipinski definition) is 5. The average molecular weight is 195 g/mol. The van der Waals surface area contributed by atoms with E-state index in [4.69, 9.17) is 4.74 Å². The number of nitrogens with zero attached hydrogens (tertiary/aromatic N) is 1. The fraction of sp³-hybridized carbons (Fsp3) is 0.222. The standard InChI is InChI=1S/C9H9NO4/c1-13-8-4-6(9(12)14-2)3-7(5-11)10-8/h3-5H,1-2H3. The molecule has 0 aliphatic carbocycles. The summed E-state index contributed by atoms with van der Waals surface area (Å²) in [6, 6.07) is 2.74. The zero-order chi connectivity index (χ0) is 10.6. The Bertz CT molecular complexity index is 362. The van der Waals surface area contributed by atoms with Crippen LogP contribution in [0.2, 0.25) is 0 Å². The number of carbonyl (C=O) groups excluding carboxylic acids is 2. The molecule has 1 heterocycles. The van der Waals surface area contributed by atoms with Gasteiger partial charge in [-0.3, -0.25) is 4.79 Å². The largest absolute Gasteiger partial charge is 0.481 e. The molecule has 0 N–H and O–H groups in total. The molecule has 1 aromatic heterocycles. The Morgan fingerprint density at radius 3 is 2.64 bits per heavy atom. The van der Waals surface area contributed by atoms with E-state index < -0.39 is 5.97 Å². The van der Waals surface area contributed by atoms with Crippen molar-refractivity contribution in [2.75, 3.05) is 14.2 Å². The lowest BCUT2D eigenvalue weighted by molar-refractivity contribution is 0.0600. The maximum absolute atomic E-state index is 11.1. The molecule has 0 saturated heterocycles. The van der Waals surface area contributed by atoms with Gasteiger partial charge in [-0.25, -0.2) is 9.78 Å². The van der Waals surface area contributed by atoms with Gasteiger partial charge in [0, 0.05) is 6.07 Å². The fourth-order valence-corrected chi connectivity index (χ4v) is 0.926. The highest BCUT2D eigenvalue weighted by Crippen LogP contribution is 2.12. The van der Waals surface area contributed by atoms with Gasteiger partial charge in [0.1, 0.15) is 5.69 Å². The molecule has 1 rings (SSSR count). The van der Waals surface area contributed by atoms with Crippen LogP contribution in [0, 0.1) is 0 Å². The summed E-state index contributed by atoms with van der Waals surface area (Å²) in [5.41, 5.74) is 0.367. The van der Waals surface area contributed by atoms with E-state index in [1.807, 2.05) is 0 Å². The second-order valence-corrected chi connectivity index (χ2v) is 2.43. The number of esters is 1. The van der Waals surface area contributed by atoms with Crippen LogP contribution in [0.15, 0.2) is 12.1 Å². The van der Waals surface area contributed by atoms with Crippen molar-refractivity contribution in [2.45, 2.75) is 0 Å². The van der Waals surface area contributed by atoms with Crippen molar-refractivity contribution < 1.29 is 19.1 Å². The Kier molecular flexibility index (Phi) is 3.17. The molecular weight excluding hydrogens is 186 g/mol. The van der Waals surface area contributed by atoms with Gasteiger partial charge < -0.3 is 9.47 Å². The number of aromatic nitrogens is 1. The third kappa shape index (κ3) is 2.07. The number of pyridine rings is 1. The lowest BCUT2D eigenvalue weighted by atomic mass is 10.2. The first-order valence-corrected chi connectivity index (χ1v) is 3.81. The molecule has 0 unspecified atom stereocenters. The smallest absolute Gasteiger partial charge is 0.338 e. The van der Waals surface area contributed by atoms with Crippen LogP contribution in [0.1, 0.15) is 20.8 Å². The highest BCUT2D eigenvalue weighted by molar-refractivity contribution is 5.91. The first-order valence-electron chi connectivity index (χ1n) is 3.81. The van der Waals surface area contributed by atoms with Crippen molar-refractivity contribution in [3.8, 4) is 5.88 Å². The summed E-state index contributed by atoms with van der Waals surface area (Å²) in [4.78, 5) is 25.4. The monoisotopic (exact) mass is 195 g/mol. The van der Waals surface area contributed by atoms with Gasteiger partial charge in [-0.15, -0.1) is 0 Å². The molecular formula is C9H9NO4. The summed E-state index contributed by atoms with van der Waals surface area (Å²) in [5, 5.41) is 0. The quantitative estimate of drug-likeness (QED) is 0.524. The summed E-state index contributed by atoms with van der Waals surface area (Å²) < 4.78 is 9.31. The van der Waals surface area contributed by atoms with Crippen LogP contribution in [-0.4, -0.2) is 31.5 Å². The van der Waals surface area contributed by atoms with Crippen LogP contribution in [0.4, 0.5) is 0 Å². The highest BCUT2D eigenvalue weighted by atomic mass is 16.5. The maximum Gasteiger partial charge on any atom is 0.338 e. The molecule has 0 aliphatic heterocycles. The maximum atomic E-state index is 11.1. The summed E-state index contributed by atoms with van der Waals surface area (Å²) in [6.45, 7) is 0. The predicted octanol–water partition coefficient (Wildman–Crippen LogP) is 0.689. The van der Waals surface area contributed by atoms with Crippen molar-refractivity contribution in [3.63, 3.8) is 0 Å². The Morgan fingerprint density at radius 1 is 1.43 bits per heavy atom. The van der Waals surface area contributed by atoms with Crippen molar-refractivity contribution >= 4 is 12.3 Å². The van der Waals surface area contributed by atoms with Crippen molar-refractivity contribution in [1.82, 2.24) is 4.98 Å². The Hall–Kier alpha value is -1.91. The number of methoxy groups -OCH3 is 2. The molecule has 5 heteroatoms. The Balaban J connectivity index is 3.16. The molecule has 14 heavy (non-hydrogen) atoms. The van der Waals surface area contributed by atoms with E-state index in [-0.39, 0.29) is 17.1 Å². The molecule has 74 valence electrons. The van der Waals surface area contributed by atoms with E-state index in [1.165, 1.54) is 26.4 Å². The molecule has 0 amide bonds. The third-order valence-corrected chi connectivity index (χ3v) is 1.57. The van der Waals surface area contributed by atoms with Gasteiger partial charge in [-0.1, -0.05) is 0 Å². The number of carbonyl (C=O) groups is 2. The SMILES string of the molecule is COC(=O)c1cc(C=O)nc(OC)c1. The average Bonchev–Trinajstić information content (AvgIpc) is 2.27. The third-order valence-electron chi connectivity index (χ3n) is 1.57. The fourth-order valence-electron chi connectivity index (χ4n) is 0.926. The zero-order valence-corrected chi connectivity index (χ0v) is 7.81. The van der Waals surface area contributed by atoms with E-state index in [2.05, 4.69) is 9.72 Å². The van der Waals surface area contributed by atoms with Gasteiger partial charge in [0.05, 0.1) is 19.8 Å². The van der Waals surface area contributed by atoms with Crippen molar-refractivity contribution in [1.29, 1.82) is 0 Å². The predicted molar refractivity (Wildman–Crippen MR) is 47.5 cm³/mol. The minimum absolute atomic E-state index is 0.129. The number of hydrogen-bond donors (Lipinski definition) is 0. The van der Waals surface area contributed by atoms with Gasteiger partial charge in [-0.05, 0) is 6.07 Å². The summed E-state index contributed by atoms with van der Waals surface area (Å²) in [5.74, 6) is -0.330. The van der Waals surface area contributed by atoms with Crippen molar-refractivity contribution in [2.24, 2.45) is 0 Å². The highest BCUT2D eigenvalue weighted by Gasteiger charge is 2.09. The zero-order valence-electron chi connectivity index (χ0n) is 7.81. The van der Waals surface area contributed by atoms with E-state index in [0.29, 0.717) is 6.29 Å². The molecule has 0 spiro atoms. The molecule has 0 fully saturated rings. The number of rotatable bonds is 3. The molecule has 0 bridgehead atoms. The van der Waals surface area contributed by atoms with Gasteiger partial charge >= 0.3 is 5.97 Å². The van der Waals surface area contributed by atoms with Crippen molar-refractivity contribution in [3.05, 3.63) is 23.4 Å². The minimum Gasteiger partial charge on any atom is -0.481 e. The van der Waals surface area contributed by atoms with E-state index in [0.717, 1.165) is 0 Å². The van der Waals surface area contributed by atoms with Crippen LogP contribution >= 0.6 is 0 Å². The van der Waals surface area contributed by atoms with Crippen LogP contribution < -0.4 is 4.74 Å². The molecule has 1 aromatic rings. The topological polar surface area (TPSA) is 65.5 Å². The van der Waals surface area contributed by atoms with Gasteiger partial charge in [0.25, 0.3) is 0 Å². The lowest BCUT2D eigenvalue weighted by Gasteiger charge is -2.03. The molecule has 5 nitrogen and oxygen atoms in total. The summed E-state index contributed by atoms with van der Waals surface area (Å²) in [7, 11) is 2.66. The van der Waals surface area contributed by atoms with Crippen LogP contribution in [0.3, 0.4) is 0 Å². The first kappa shape index (κ1) is 10.2. The van der Waals surface area contributed by atoms with E-state index in [1.54, 1.807) is 0 Å². The summed E-state index contributed by atoms with van der Waals surface area (Å²) in [6.07, 6.45) is 0.537. The van der Waals surface area contributed by atoms with Crippen LogP contribution in [0.5, 0.6) is 5.88 Å². The molecule has 0 aromatic carbocycles. The second kappa shape index (κ2) is 4.36. The Labute approximate surface area is 80.7 Å². The lowest BCUT2D eigenvalue weighted by Crippen LogP contribution is -2.04. The van der Waals surface area contributed by atoms with Gasteiger partial charge in [-0.2, -0.15) is 0 Å². The number of ether oxygens (including phenoxy) is 2. The normalized spacial score (nSPS) is 9.29. The first-order chi connectivity index (χ1) is 6.71. The summed E-state index contributed by atoms with van der Waals surface area (Å²) >= 11 is 0. The Morgan fingerprint density at radius 2 is 2.14 bits per heavy atom. The van der Waals surface area contributed by atoms with E-state index in [9.17, 15) is 9.59 Å². The molecule has 0 aliphatic rings. The van der Waals surface area contributed by atoms with Gasteiger partial charge in [0.2, 0.25) is 5.88 Å². The van der Waals surface area contributed by atoms with Crippen LogP contribution in [-0.2, 0) is 4.74 Å². The molecule has 0 saturated carbocycles. The van der Waals surface area contributed by atoms with Crippen LogP contribution in [0.25, 0.3) is 0 Å². The number of aldehydes is 1. The molecule has 0 radical (unpaired) electrons. The van der Waals surface area contributed by atoms with E-state index >= 15 is 0 Å². The molecule has 0 atom stereocenters.